The van der Waals surface area contributed by atoms with E-state index in [1.54, 1.807) is 0 Å². The van der Waals surface area contributed by atoms with Crippen molar-refractivity contribution < 1.29 is 4.79 Å². The molecule has 164 valence electrons. The predicted molar refractivity (Wildman–Crippen MR) is 130 cm³/mol. The van der Waals surface area contributed by atoms with Crippen molar-refractivity contribution in [1.82, 2.24) is 24.3 Å². The van der Waals surface area contributed by atoms with Crippen LogP contribution in [0.3, 0.4) is 0 Å². The molecule has 0 aliphatic heterocycles. The van der Waals surface area contributed by atoms with Crippen LogP contribution in [0.4, 0.5) is 5.82 Å². The summed E-state index contributed by atoms with van der Waals surface area (Å²) in [4.78, 5) is 33.5. The van der Waals surface area contributed by atoms with Gasteiger partial charge in [0.1, 0.15) is 22.8 Å². The topological polar surface area (TPSA) is 112 Å². The maximum Gasteiger partial charge on any atom is 0.275 e. The number of nitrogen functional groups attached to an aromatic ring is 1. The standard InChI is InChI=1S/C23H17ClN6O2S/c24-15-6-8-16(9-7-15)29-11-17(14-4-2-1-3-5-14)21-22(29)26-13-27-23(21)33-12-20(32)30-19(31)10-18(25)28-30/h1-11,13,28H,12,25H2. The number of H-pyrrole nitrogens is 1. The van der Waals surface area contributed by atoms with Crippen LogP contribution in [0, 0.1) is 0 Å². The van der Waals surface area contributed by atoms with Gasteiger partial charge < -0.3 is 10.3 Å². The zero-order valence-corrected chi connectivity index (χ0v) is 18.7. The van der Waals surface area contributed by atoms with Gasteiger partial charge in [0, 0.05) is 28.5 Å². The van der Waals surface area contributed by atoms with Crippen LogP contribution >= 0.6 is 23.4 Å². The van der Waals surface area contributed by atoms with Gasteiger partial charge in [-0.3, -0.25) is 14.7 Å². The molecule has 5 rings (SSSR count). The molecule has 3 aromatic heterocycles. The van der Waals surface area contributed by atoms with E-state index in [0.29, 0.717) is 15.7 Å². The molecule has 0 fully saturated rings. The summed E-state index contributed by atoms with van der Waals surface area (Å²) in [6, 6.07) is 18.5. The van der Waals surface area contributed by atoms with E-state index < -0.39 is 11.5 Å². The molecule has 0 radical (unpaired) electrons. The lowest BCUT2D eigenvalue weighted by Gasteiger charge is -2.06. The number of halogens is 1. The number of rotatable bonds is 5. The largest absolute Gasteiger partial charge is 0.384 e. The van der Waals surface area contributed by atoms with Crippen LogP contribution in [-0.4, -0.2) is 36.0 Å². The fraction of sp³-hybridized carbons (Fsp3) is 0.0435. The number of nitrogens with zero attached hydrogens (tertiary/aromatic N) is 4. The molecule has 3 heterocycles. The van der Waals surface area contributed by atoms with Crippen molar-refractivity contribution in [1.29, 1.82) is 0 Å². The van der Waals surface area contributed by atoms with Gasteiger partial charge in [-0.2, -0.15) is 4.68 Å². The maximum absolute atomic E-state index is 12.6. The van der Waals surface area contributed by atoms with E-state index in [0.717, 1.165) is 26.9 Å². The highest BCUT2D eigenvalue weighted by molar-refractivity contribution is 8.00. The molecule has 0 saturated heterocycles. The monoisotopic (exact) mass is 476 g/mol. The molecule has 10 heteroatoms. The number of thioether (sulfide) groups is 1. The van der Waals surface area contributed by atoms with Gasteiger partial charge >= 0.3 is 0 Å². The van der Waals surface area contributed by atoms with E-state index in [1.165, 1.54) is 24.2 Å². The van der Waals surface area contributed by atoms with Gasteiger partial charge in [-0.15, -0.1) is 0 Å². The van der Waals surface area contributed by atoms with E-state index >= 15 is 0 Å². The Hall–Kier alpha value is -3.82. The number of fused-ring (bicyclic) bond motifs is 1. The Morgan fingerprint density at radius 1 is 1.09 bits per heavy atom. The molecule has 3 N–H and O–H groups in total. The molecule has 0 spiro atoms. The third-order valence-corrected chi connectivity index (χ3v) is 6.29. The highest BCUT2D eigenvalue weighted by atomic mass is 35.5. The molecule has 2 aromatic carbocycles. The lowest BCUT2D eigenvalue weighted by Crippen LogP contribution is -2.25. The van der Waals surface area contributed by atoms with Gasteiger partial charge in [-0.05, 0) is 29.8 Å². The lowest BCUT2D eigenvalue weighted by molar-refractivity contribution is 0.0923. The van der Waals surface area contributed by atoms with Gasteiger partial charge in [-0.25, -0.2) is 9.97 Å². The van der Waals surface area contributed by atoms with Crippen LogP contribution in [0.1, 0.15) is 4.79 Å². The number of nitrogens with two attached hydrogens (primary N) is 1. The summed E-state index contributed by atoms with van der Waals surface area (Å²) in [6.07, 6.45) is 3.47. The zero-order valence-electron chi connectivity index (χ0n) is 17.1. The second-order valence-corrected chi connectivity index (χ2v) is 8.60. The molecule has 0 aliphatic rings. The van der Waals surface area contributed by atoms with E-state index in [-0.39, 0.29) is 11.6 Å². The van der Waals surface area contributed by atoms with Crippen molar-refractivity contribution in [2.24, 2.45) is 0 Å². The van der Waals surface area contributed by atoms with Crippen molar-refractivity contribution in [3.63, 3.8) is 0 Å². The fourth-order valence-corrected chi connectivity index (χ4v) is 4.55. The number of carbonyl (C=O) groups is 1. The quantitative estimate of drug-likeness (QED) is 0.290. The van der Waals surface area contributed by atoms with E-state index in [4.69, 9.17) is 17.3 Å². The molecule has 0 aliphatic carbocycles. The van der Waals surface area contributed by atoms with Crippen LogP contribution in [0.5, 0.6) is 0 Å². The molecule has 0 unspecified atom stereocenters. The Morgan fingerprint density at radius 2 is 1.85 bits per heavy atom. The molecule has 0 bridgehead atoms. The Labute approximate surface area is 197 Å². The molecule has 8 nitrogen and oxygen atoms in total. The van der Waals surface area contributed by atoms with Gasteiger partial charge in [0.05, 0.1) is 11.1 Å². The lowest BCUT2D eigenvalue weighted by atomic mass is 10.1. The van der Waals surface area contributed by atoms with Crippen LogP contribution in [-0.2, 0) is 0 Å². The molecule has 33 heavy (non-hydrogen) atoms. The maximum atomic E-state index is 12.6. The van der Waals surface area contributed by atoms with Gasteiger partial charge in [0.25, 0.3) is 11.5 Å². The summed E-state index contributed by atoms with van der Waals surface area (Å²) in [5, 5.41) is 4.64. The van der Waals surface area contributed by atoms with Crippen molar-refractivity contribution in [2.75, 3.05) is 11.5 Å². The Bertz CT molecular complexity index is 1520. The van der Waals surface area contributed by atoms with Crippen LogP contribution in [0.15, 0.2) is 83.0 Å². The van der Waals surface area contributed by atoms with Gasteiger partial charge in [-0.1, -0.05) is 53.7 Å². The van der Waals surface area contributed by atoms with E-state index in [1.807, 2.05) is 65.4 Å². The summed E-state index contributed by atoms with van der Waals surface area (Å²) in [5.74, 6) is -0.298. The zero-order chi connectivity index (χ0) is 22.9. The van der Waals surface area contributed by atoms with Gasteiger partial charge in [0.15, 0.2) is 0 Å². The smallest absolute Gasteiger partial charge is 0.275 e. The summed E-state index contributed by atoms with van der Waals surface area (Å²) in [6.45, 7) is 0. The highest BCUT2D eigenvalue weighted by Gasteiger charge is 2.19. The Balaban J connectivity index is 1.60. The summed E-state index contributed by atoms with van der Waals surface area (Å²) in [5.41, 5.74) is 8.60. The number of hydrogen-bond donors (Lipinski definition) is 2. The number of nitrogens with one attached hydrogen (secondary N) is 1. The highest BCUT2D eigenvalue weighted by Crippen LogP contribution is 2.36. The van der Waals surface area contributed by atoms with Crippen molar-refractivity contribution in [3.8, 4) is 16.8 Å². The Kier molecular flexibility index (Phi) is 5.49. The predicted octanol–water partition coefficient (Wildman–Crippen LogP) is 4.25. The summed E-state index contributed by atoms with van der Waals surface area (Å²) in [7, 11) is 0. The molecular weight excluding hydrogens is 460 g/mol. The fourth-order valence-electron chi connectivity index (χ4n) is 3.57. The first kappa shape index (κ1) is 21.0. The first-order valence-electron chi connectivity index (χ1n) is 9.92. The van der Waals surface area contributed by atoms with Crippen LogP contribution < -0.4 is 11.3 Å². The third kappa shape index (κ3) is 4.04. The average molecular weight is 477 g/mol. The molecule has 0 atom stereocenters. The van der Waals surface area contributed by atoms with Gasteiger partial charge in [0.2, 0.25) is 0 Å². The molecule has 5 aromatic rings. The third-order valence-electron chi connectivity index (χ3n) is 5.06. The summed E-state index contributed by atoms with van der Waals surface area (Å²) < 4.78 is 2.87. The number of benzene rings is 2. The first-order chi connectivity index (χ1) is 16.0. The first-order valence-corrected chi connectivity index (χ1v) is 11.3. The summed E-state index contributed by atoms with van der Waals surface area (Å²) >= 11 is 7.31. The minimum atomic E-state index is -0.496. The molecular formula is C23H17ClN6O2S. The average Bonchev–Trinajstić information content (AvgIpc) is 3.38. The number of aromatic amines is 1. The van der Waals surface area contributed by atoms with Crippen molar-refractivity contribution >= 4 is 46.1 Å². The minimum Gasteiger partial charge on any atom is -0.384 e. The molecule has 0 saturated carbocycles. The number of anilines is 1. The Morgan fingerprint density at radius 3 is 2.55 bits per heavy atom. The second kappa shape index (κ2) is 8.61. The number of hydrogen-bond acceptors (Lipinski definition) is 6. The number of aromatic nitrogens is 5. The van der Waals surface area contributed by atoms with E-state index in [9.17, 15) is 9.59 Å². The van der Waals surface area contributed by atoms with Crippen molar-refractivity contribution in [3.05, 3.63) is 88.6 Å². The molecule has 0 amide bonds. The van der Waals surface area contributed by atoms with E-state index in [2.05, 4.69) is 15.1 Å². The SMILES string of the molecule is Nc1cc(=O)n(C(=O)CSc2ncnc3c2c(-c2ccccc2)cn3-c2ccc(Cl)cc2)[nH]1. The van der Waals surface area contributed by atoms with Crippen LogP contribution in [0.25, 0.3) is 27.8 Å². The second-order valence-electron chi connectivity index (χ2n) is 7.20. The van der Waals surface area contributed by atoms with Crippen LogP contribution in [0.2, 0.25) is 5.02 Å². The minimum absolute atomic E-state index is 0.00761. The normalized spacial score (nSPS) is 11.2. The van der Waals surface area contributed by atoms with Crippen molar-refractivity contribution in [2.45, 2.75) is 5.03 Å². The number of carbonyl (C=O) groups excluding carboxylic acids is 1.